The summed E-state index contributed by atoms with van der Waals surface area (Å²) < 4.78 is 5.26. The first kappa shape index (κ1) is 17.7. The highest BCUT2D eigenvalue weighted by atomic mass is 32.1. The van der Waals surface area contributed by atoms with E-state index < -0.39 is 0 Å². The van der Waals surface area contributed by atoms with E-state index in [2.05, 4.69) is 5.32 Å². The zero-order chi connectivity index (χ0) is 17.4. The van der Waals surface area contributed by atoms with Crippen LogP contribution in [0.5, 0.6) is 5.75 Å². The van der Waals surface area contributed by atoms with Crippen molar-refractivity contribution in [3.05, 3.63) is 66.2 Å². The average molecular weight is 340 g/mol. The molecule has 0 fully saturated rings. The van der Waals surface area contributed by atoms with Crippen LogP contribution in [-0.2, 0) is 4.79 Å². The van der Waals surface area contributed by atoms with Crippen molar-refractivity contribution < 1.29 is 9.53 Å². The Morgan fingerprint density at radius 3 is 2.50 bits per heavy atom. The number of hydrogen-bond acceptors (Lipinski definition) is 3. The van der Waals surface area contributed by atoms with E-state index in [1.54, 1.807) is 13.2 Å². The zero-order valence-corrected chi connectivity index (χ0v) is 14.5. The second kappa shape index (κ2) is 8.84. The van der Waals surface area contributed by atoms with E-state index in [0.717, 1.165) is 11.3 Å². The Labute approximate surface area is 147 Å². The topological polar surface area (TPSA) is 41.6 Å². The monoisotopic (exact) mass is 340 g/mol. The van der Waals surface area contributed by atoms with E-state index in [0.29, 0.717) is 17.4 Å². The number of para-hydroxylation sites is 2. The normalized spacial score (nSPS) is 10.4. The van der Waals surface area contributed by atoms with Crippen LogP contribution in [0.25, 0.3) is 6.08 Å². The number of anilines is 1. The van der Waals surface area contributed by atoms with E-state index in [1.165, 1.54) is 6.08 Å². The molecule has 0 saturated heterocycles. The van der Waals surface area contributed by atoms with Crippen molar-refractivity contribution in [3.8, 4) is 5.75 Å². The fourth-order valence-corrected chi connectivity index (χ4v) is 2.57. The number of nitrogens with zero attached hydrogens (tertiary/aromatic N) is 1. The molecule has 24 heavy (non-hydrogen) atoms. The number of thiocarbonyl (C=S) groups is 1. The summed E-state index contributed by atoms with van der Waals surface area (Å²) in [5.41, 5.74) is 1.77. The summed E-state index contributed by atoms with van der Waals surface area (Å²) in [5.74, 6) is 0.434. The first-order chi connectivity index (χ1) is 11.7. The summed E-state index contributed by atoms with van der Waals surface area (Å²) in [5, 5.41) is 3.10. The lowest BCUT2D eigenvalue weighted by atomic mass is 10.2. The molecule has 2 rings (SSSR count). The SMILES string of the molecule is CCN(C(=S)NC(=O)/C=C/c1ccccc1OC)c1ccccc1. The van der Waals surface area contributed by atoms with Gasteiger partial charge < -0.3 is 9.64 Å². The maximum absolute atomic E-state index is 12.1. The van der Waals surface area contributed by atoms with Crippen LogP contribution in [0.3, 0.4) is 0 Å². The highest BCUT2D eigenvalue weighted by Crippen LogP contribution is 2.18. The fraction of sp³-hybridized carbons (Fsp3) is 0.158. The summed E-state index contributed by atoms with van der Waals surface area (Å²) in [4.78, 5) is 14.0. The van der Waals surface area contributed by atoms with E-state index in [9.17, 15) is 4.79 Å². The molecule has 2 aromatic carbocycles. The van der Waals surface area contributed by atoms with Crippen LogP contribution in [0.15, 0.2) is 60.7 Å². The summed E-state index contributed by atoms with van der Waals surface area (Å²) in [7, 11) is 1.60. The van der Waals surface area contributed by atoms with Gasteiger partial charge in [0.2, 0.25) is 5.91 Å². The standard InChI is InChI=1S/C19H20N2O2S/c1-3-21(16-10-5-4-6-11-16)19(24)20-18(22)14-13-15-9-7-8-12-17(15)23-2/h4-14H,3H2,1-2H3,(H,20,22,24)/b14-13+. The predicted octanol–water partition coefficient (Wildman–Crippen LogP) is 3.64. The van der Waals surface area contributed by atoms with Crippen LogP contribution in [0.1, 0.15) is 12.5 Å². The number of carbonyl (C=O) groups is 1. The molecule has 0 saturated carbocycles. The lowest BCUT2D eigenvalue weighted by Gasteiger charge is -2.23. The van der Waals surface area contributed by atoms with Gasteiger partial charge >= 0.3 is 0 Å². The molecule has 0 radical (unpaired) electrons. The Bertz CT molecular complexity index is 729. The van der Waals surface area contributed by atoms with Gasteiger partial charge in [0.15, 0.2) is 5.11 Å². The number of benzene rings is 2. The van der Waals surface area contributed by atoms with E-state index in [4.69, 9.17) is 17.0 Å². The minimum atomic E-state index is -0.278. The van der Waals surface area contributed by atoms with Crippen molar-refractivity contribution >= 4 is 35.0 Å². The Morgan fingerprint density at radius 2 is 1.83 bits per heavy atom. The van der Waals surface area contributed by atoms with E-state index >= 15 is 0 Å². The first-order valence-corrected chi connectivity index (χ1v) is 8.05. The molecule has 124 valence electrons. The molecule has 5 heteroatoms. The van der Waals surface area contributed by atoms with Gasteiger partial charge in [-0.3, -0.25) is 10.1 Å². The molecule has 0 aromatic heterocycles. The van der Waals surface area contributed by atoms with Crippen LogP contribution in [0, 0.1) is 0 Å². The highest BCUT2D eigenvalue weighted by molar-refractivity contribution is 7.80. The van der Waals surface area contributed by atoms with Crippen molar-refractivity contribution in [2.45, 2.75) is 6.92 Å². The molecule has 4 nitrogen and oxygen atoms in total. The average Bonchev–Trinajstić information content (AvgIpc) is 2.61. The van der Waals surface area contributed by atoms with Crippen LogP contribution >= 0.6 is 12.2 Å². The Balaban J connectivity index is 2.03. The van der Waals surface area contributed by atoms with Gasteiger partial charge in [0, 0.05) is 23.9 Å². The summed E-state index contributed by atoms with van der Waals surface area (Å²) in [6, 6.07) is 17.2. The minimum absolute atomic E-state index is 0.278. The van der Waals surface area contributed by atoms with Gasteiger partial charge in [-0.25, -0.2) is 0 Å². The summed E-state index contributed by atoms with van der Waals surface area (Å²) in [6.07, 6.45) is 3.15. The van der Waals surface area contributed by atoms with Crippen molar-refractivity contribution in [2.24, 2.45) is 0 Å². The fourth-order valence-electron chi connectivity index (χ4n) is 2.24. The molecule has 0 aliphatic rings. The van der Waals surface area contributed by atoms with Gasteiger partial charge in [-0.2, -0.15) is 0 Å². The third-order valence-corrected chi connectivity index (χ3v) is 3.74. The second-order valence-corrected chi connectivity index (χ2v) is 5.34. The molecule has 0 heterocycles. The molecular weight excluding hydrogens is 320 g/mol. The van der Waals surface area contributed by atoms with Gasteiger partial charge in [0.1, 0.15) is 5.75 Å². The van der Waals surface area contributed by atoms with E-state index in [-0.39, 0.29) is 5.91 Å². The maximum Gasteiger partial charge on any atom is 0.250 e. The molecule has 0 unspecified atom stereocenters. The zero-order valence-electron chi connectivity index (χ0n) is 13.7. The lowest BCUT2D eigenvalue weighted by molar-refractivity contribution is -0.115. The van der Waals surface area contributed by atoms with Gasteiger partial charge in [-0.15, -0.1) is 0 Å². The second-order valence-electron chi connectivity index (χ2n) is 4.95. The number of amides is 1. The first-order valence-electron chi connectivity index (χ1n) is 7.64. The van der Waals surface area contributed by atoms with Crippen molar-refractivity contribution in [3.63, 3.8) is 0 Å². The molecular formula is C19H20N2O2S. The Hall–Kier alpha value is -2.66. The summed E-state index contributed by atoms with van der Waals surface area (Å²) in [6.45, 7) is 2.65. The number of rotatable bonds is 5. The van der Waals surface area contributed by atoms with Crippen molar-refractivity contribution in [1.82, 2.24) is 5.32 Å². The molecule has 2 aromatic rings. The number of nitrogens with one attached hydrogen (secondary N) is 1. The number of ether oxygens (including phenoxy) is 1. The van der Waals surface area contributed by atoms with Gasteiger partial charge in [0.25, 0.3) is 0 Å². The van der Waals surface area contributed by atoms with Crippen LogP contribution in [0.4, 0.5) is 5.69 Å². The van der Waals surface area contributed by atoms with Crippen molar-refractivity contribution in [1.29, 1.82) is 0 Å². The van der Waals surface area contributed by atoms with Gasteiger partial charge in [-0.05, 0) is 43.4 Å². The molecule has 0 bridgehead atoms. The maximum atomic E-state index is 12.1. The Morgan fingerprint density at radius 1 is 1.17 bits per heavy atom. The molecule has 0 aliphatic carbocycles. The number of methoxy groups -OCH3 is 1. The minimum Gasteiger partial charge on any atom is -0.496 e. The highest BCUT2D eigenvalue weighted by Gasteiger charge is 2.11. The van der Waals surface area contributed by atoms with Crippen LogP contribution in [-0.4, -0.2) is 24.7 Å². The van der Waals surface area contributed by atoms with Gasteiger partial charge in [-0.1, -0.05) is 36.4 Å². The van der Waals surface area contributed by atoms with Crippen LogP contribution in [0.2, 0.25) is 0 Å². The van der Waals surface area contributed by atoms with E-state index in [1.807, 2.05) is 66.4 Å². The number of carbonyl (C=O) groups excluding carboxylic acids is 1. The molecule has 0 aliphatic heterocycles. The third kappa shape index (κ3) is 4.67. The largest absolute Gasteiger partial charge is 0.496 e. The Kier molecular flexibility index (Phi) is 6.51. The quantitative estimate of drug-likeness (QED) is 0.666. The van der Waals surface area contributed by atoms with Gasteiger partial charge in [0.05, 0.1) is 7.11 Å². The molecule has 0 atom stereocenters. The molecule has 0 spiro atoms. The third-order valence-electron chi connectivity index (χ3n) is 3.41. The molecule has 1 N–H and O–H groups in total. The summed E-state index contributed by atoms with van der Waals surface area (Å²) >= 11 is 5.35. The number of hydrogen-bond donors (Lipinski definition) is 1. The lowest BCUT2D eigenvalue weighted by Crippen LogP contribution is -2.42. The van der Waals surface area contributed by atoms with Crippen molar-refractivity contribution in [2.75, 3.05) is 18.6 Å². The van der Waals surface area contributed by atoms with Crippen LogP contribution < -0.4 is 15.0 Å². The molecule has 1 amide bonds. The smallest absolute Gasteiger partial charge is 0.250 e. The predicted molar refractivity (Wildman–Crippen MR) is 102 cm³/mol.